The molecule has 1 aromatic carbocycles. The molecule has 1 N–H and O–H groups in total. The van der Waals surface area contributed by atoms with Gasteiger partial charge in [-0.2, -0.15) is 0 Å². The zero-order valence-electron chi connectivity index (χ0n) is 17.3. The molecule has 2 amide bonds. The largest absolute Gasteiger partial charge is 0.335 e. The van der Waals surface area contributed by atoms with Crippen molar-refractivity contribution in [1.29, 1.82) is 0 Å². The Balaban J connectivity index is 1.20. The number of piperidine rings is 1. The molecule has 0 spiro atoms. The number of rotatable bonds is 4. The minimum Gasteiger partial charge on any atom is -0.335 e. The fraction of sp³-hybridized carbons (Fsp3) is 0.636. The second-order valence-corrected chi connectivity index (χ2v) is 9.24. The summed E-state index contributed by atoms with van der Waals surface area (Å²) in [6.45, 7) is 2.20. The third kappa shape index (κ3) is 3.65. The monoisotopic (exact) mass is 438 g/mol. The van der Waals surface area contributed by atoms with Crippen molar-refractivity contribution in [3.63, 3.8) is 0 Å². The third-order valence-corrected chi connectivity index (χ3v) is 7.49. The number of alkyl halides is 2. The van der Waals surface area contributed by atoms with E-state index in [1.54, 1.807) is 6.33 Å². The molecule has 5 rings (SSSR count). The summed E-state index contributed by atoms with van der Waals surface area (Å²) in [6.07, 6.45) is 3.69. The summed E-state index contributed by atoms with van der Waals surface area (Å²) in [5.74, 6) is -3.14. The quantitative estimate of drug-likeness (QED) is 0.702. The molecule has 2 aromatic rings. The van der Waals surface area contributed by atoms with Crippen molar-refractivity contribution in [3.8, 4) is 0 Å². The van der Waals surface area contributed by atoms with Crippen LogP contribution in [0, 0.1) is 29.4 Å². The number of likely N-dealkylation sites (tertiary alicyclic amines) is 1. The molecule has 1 saturated heterocycles. The summed E-state index contributed by atoms with van der Waals surface area (Å²) in [4.78, 5) is 18.3. The highest BCUT2D eigenvalue weighted by Gasteiger charge is 2.59. The van der Waals surface area contributed by atoms with Crippen LogP contribution in [-0.2, 0) is 0 Å². The smallest absolute Gasteiger partial charge is 0.317 e. The predicted molar refractivity (Wildman–Crippen MR) is 107 cm³/mol. The molecule has 3 aliphatic rings. The molecular formula is C22H26F4N4O. The first kappa shape index (κ1) is 20.6. The van der Waals surface area contributed by atoms with E-state index >= 15 is 0 Å². The summed E-state index contributed by atoms with van der Waals surface area (Å²) in [6, 6.07) is 2.28. The van der Waals surface area contributed by atoms with E-state index in [1.165, 1.54) is 11.0 Å². The highest BCUT2D eigenvalue weighted by Crippen LogP contribution is 2.62. The van der Waals surface area contributed by atoms with Crippen LogP contribution in [0.3, 0.4) is 0 Å². The fourth-order valence-electron chi connectivity index (χ4n) is 5.76. The van der Waals surface area contributed by atoms with Crippen molar-refractivity contribution in [2.45, 2.75) is 57.0 Å². The van der Waals surface area contributed by atoms with Gasteiger partial charge in [0.25, 0.3) is 5.92 Å². The molecule has 31 heavy (non-hydrogen) atoms. The lowest BCUT2D eigenvalue weighted by atomic mass is 9.99. The minimum atomic E-state index is -2.67. The van der Waals surface area contributed by atoms with Gasteiger partial charge >= 0.3 is 6.03 Å². The first-order chi connectivity index (χ1) is 14.8. The average molecular weight is 438 g/mol. The summed E-state index contributed by atoms with van der Waals surface area (Å²) < 4.78 is 55.8. The van der Waals surface area contributed by atoms with Crippen LogP contribution in [0.25, 0.3) is 11.0 Å². The molecule has 1 aromatic heterocycles. The van der Waals surface area contributed by atoms with Crippen molar-refractivity contribution in [2.24, 2.45) is 17.8 Å². The maximum atomic E-state index is 13.7. The molecule has 2 heterocycles. The molecule has 3 fully saturated rings. The number of aromatic nitrogens is 2. The molecular weight excluding hydrogens is 412 g/mol. The standard InChI is InChI=1S/C22H26F4N4O/c1-2-17(28-21(31)29-5-3-22(25,26)4-6-29)20-13-7-12(8-14(13)20)30-11-27-18-9-15(23)16(24)10-19(18)30/h9-14,17,20H,2-8H2,1H3,(H,28,31)/t12?,13-,14+,17-,20?/m1/s1. The molecule has 2 unspecified atom stereocenters. The number of urea groups is 1. The third-order valence-electron chi connectivity index (χ3n) is 7.49. The van der Waals surface area contributed by atoms with Gasteiger partial charge in [0, 0.05) is 50.1 Å². The Morgan fingerprint density at radius 3 is 2.48 bits per heavy atom. The summed E-state index contributed by atoms with van der Waals surface area (Å²) >= 11 is 0. The Hall–Kier alpha value is -2.32. The van der Waals surface area contributed by atoms with E-state index in [1.807, 2.05) is 11.5 Å². The van der Waals surface area contributed by atoms with Crippen LogP contribution in [0.1, 0.15) is 45.1 Å². The number of carbonyl (C=O) groups excluding carboxylic acids is 1. The number of fused-ring (bicyclic) bond motifs is 2. The summed E-state index contributed by atoms with van der Waals surface area (Å²) in [5, 5.41) is 3.08. The molecule has 168 valence electrons. The molecule has 2 saturated carbocycles. The van der Waals surface area contributed by atoms with Gasteiger partial charge in [-0.05, 0) is 37.0 Å². The Kier molecular flexibility index (Phi) is 4.90. The van der Waals surface area contributed by atoms with E-state index in [4.69, 9.17) is 0 Å². The number of hydrogen-bond donors (Lipinski definition) is 1. The topological polar surface area (TPSA) is 50.2 Å². The van der Waals surface area contributed by atoms with E-state index in [0.717, 1.165) is 25.3 Å². The number of halogens is 4. The van der Waals surface area contributed by atoms with Gasteiger partial charge in [0.2, 0.25) is 0 Å². The molecule has 5 nitrogen and oxygen atoms in total. The van der Waals surface area contributed by atoms with Crippen molar-refractivity contribution in [3.05, 3.63) is 30.1 Å². The summed E-state index contributed by atoms with van der Waals surface area (Å²) in [7, 11) is 0. The number of amides is 2. The number of benzene rings is 1. The van der Waals surface area contributed by atoms with E-state index in [-0.39, 0.29) is 44.0 Å². The van der Waals surface area contributed by atoms with Crippen LogP contribution in [0.15, 0.2) is 18.5 Å². The number of nitrogens with one attached hydrogen (secondary N) is 1. The van der Waals surface area contributed by atoms with Gasteiger partial charge in [-0.3, -0.25) is 0 Å². The van der Waals surface area contributed by atoms with E-state index in [9.17, 15) is 22.4 Å². The average Bonchev–Trinajstić information content (AvgIpc) is 3.04. The highest BCUT2D eigenvalue weighted by atomic mass is 19.3. The minimum absolute atomic E-state index is 0.0250. The molecule has 5 atom stereocenters. The van der Waals surface area contributed by atoms with E-state index in [0.29, 0.717) is 28.8 Å². The second-order valence-electron chi connectivity index (χ2n) is 9.24. The second kappa shape index (κ2) is 7.38. The molecule has 0 radical (unpaired) electrons. The lowest BCUT2D eigenvalue weighted by Crippen LogP contribution is -2.50. The van der Waals surface area contributed by atoms with Gasteiger partial charge < -0.3 is 14.8 Å². The SMILES string of the molecule is CC[C@@H](NC(=O)N1CCC(F)(F)CC1)C1[C@H]2CC(n3cnc4cc(F)c(F)cc43)C[C@@H]12. The van der Waals surface area contributed by atoms with Crippen LogP contribution in [-0.4, -0.2) is 45.5 Å². The molecule has 2 aliphatic carbocycles. The van der Waals surface area contributed by atoms with Crippen molar-refractivity contribution in [2.75, 3.05) is 13.1 Å². The van der Waals surface area contributed by atoms with Gasteiger partial charge in [-0.15, -0.1) is 0 Å². The highest BCUT2D eigenvalue weighted by molar-refractivity contribution is 5.76. The van der Waals surface area contributed by atoms with Crippen molar-refractivity contribution >= 4 is 17.1 Å². The zero-order chi connectivity index (χ0) is 21.9. The zero-order valence-corrected chi connectivity index (χ0v) is 17.3. The van der Waals surface area contributed by atoms with E-state index < -0.39 is 17.6 Å². The molecule has 9 heteroatoms. The summed E-state index contributed by atoms with van der Waals surface area (Å²) in [5.41, 5.74) is 1.05. The van der Waals surface area contributed by atoms with Crippen LogP contribution in [0.5, 0.6) is 0 Å². The van der Waals surface area contributed by atoms with Crippen LogP contribution >= 0.6 is 0 Å². The lowest BCUT2D eigenvalue weighted by Gasteiger charge is -2.33. The lowest BCUT2D eigenvalue weighted by molar-refractivity contribution is -0.0471. The van der Waals surface area contributed by atoms with Gasteiger partial charge in [-0.25, -0.2) is 27.3 Å². The van der Waals surface area contributed by atoms with Gasteiger partial charge in [-0.1, -0.05) is 6.92 Å². The first-order valence-corrected chi connectivity index (χ1v) is 11.0. The van der Waals surface area contributed by atoms with Gasteiger partial charge in [0.1, 0.15) is 0 Å². The predicted octanol–water partition coefficient (Wildman–Crippen LogP) is 4.73. The van der Waals surface area contributed by atoms with Gasteiger partial charge in [0.15, 0.2) is 11.6 Å². The normalized spacial score (nSPS) is 30.3. The maximum absolute atomic E-state index is 13.7. The van der Waals surface area contributed by atoms with Crippen molar-refractivity contribution in [1.82, 2.24) is 19.8 Å². The van der Waals surface area contributed by atoms with E-state index in [2.05, 4.69) is 10.3 Å². The van der Waals surface area contributed by atoms with Crippen molar-refractivity contribution < 1.29 is 22.4 Å². The Morgan fingerprint density at radius 1 is 1.19 bits per heavy atom. The van der Waals surface area contributed by atoms with Crippen LogP contribution < -0.4 is 5.32 Å². The van der Waals surface area contributed by atoms with Crippen LogP contribution in [0.4, 0.5) is 22.4 Å². The fourth-order valence-corrected chi connectivity index (χ4v) is 5.76. The van der Waals surface area contributed by atoms with Gasteiger partial charge in [0.05, 0.1) is 17.4 Å². The number of imidazole rings is 1. The Bertz CT molecular complexity index is 987. The number of carbonyl (C=O) groups is 1. The first-order valence-electron chi connectivity index (χ1n) is 11.0. The molecule has 1 aliphatic heterocycles. The van der Waals surface area contributed by atoms with Crippen LogP contribution in [0.2, 0.25) is 0 Å². The Labute approximate surface area is 177 Å². The maximum Gasteiger partial charge on any atom is 0.317 e. The number of nitrogens with zero attached hydrogens (tertiary/aromatic N) is 3. The molecule has 0 bridgehead atoms. The Morgan fingerprint density at radius 2 is 1.84 bits per heavy atom. The number of hydrogen-bond acceptors (Lipinski definition) is 2.